The lowest BCUT2D eigenvalue weighted by Crippen LogP contribution is -2.45. The average molecular weight is 196 g/mol. The van der Waals surface area contributed by atoms with E-state index < -0.39 is 0 Å². The SMILES string of the molecule is C=CCC1COC2(CCCCC2)OC1. The first-order chi connectivity index (χ1) is 6.85. The van der Waals surface area contributed by atoms with Gasteiger partial charge in [0.15, 0.2) is 5.79 Å². The van der Waals surface area contributed by atoms with Crippen LogP contribution in [-0.2, 0) is 9.47 Å². The second-order valence-corrected chi connectivity index (χ2v) is 4.48. The van der Waals surface area contributed by atoms with E-state index in [1.807, 2.05) is 6.08 Å². The number of ether oxygens (including phenoxy) is 2. The summed E-state index contributed by atoms with van der Waals surface area (Å²) in [6.45, 7) is 5.45. The van der Waals surface area contributed by atoms with Crippen LogP contribution in [0.3, 0.4) is 0 Å². The Labute approximate surface area is 86.3 Å². The summed E-state index contributed by atoms with van der Waals surface area (Å²) in [6, 6.07) is 0. The van der Waals surface area contributed by atoms with E-state index >= 15 is 0 Å². The van der Waals surface area contributed by atoms with Gasteiger partial charge in [0.25, 0.3) is 0 Å². The van der Waals surface area contributed by atoms with E-state index in [4.69, 9.17) is 9.47 Å². The van der Waals surface area contributed by atoms with E-state index in [2.05, 4.69) is 6.58 Å². The molecule has 1 heterocycles. The third-order valence-electron chi connectivity index (χ3n) is 3.28. The first-order valence-corrected chi connectivity index (χ1v) is 5.73. The quantitative estimate of drug-likeness (QED) is 0.632. The highest BCUT2D eigenvalue weighted by Gasteiger charge is 2.38. The summed E-state index contributed by atoms with van der Waals surface area (Å²) in [6.07, 6.45) is 9.00. The molecule has 14 heavy (non-hydrogen) atoms. The Balaban J connectivity index is 1.84. The van der Waals surface area contributed by atoms with Gasteiger partial charge in [-0.1, -0.05) is 12.5 Å². The summed E-state index contributed by atoms with van der Waals surface area (Å²) in [4.78, 5) is 0. The lowest BCUT2D eigenvalue weighted by molar-refractivity contribution is -0.294. The molecule has 2 nitrogen and oxygen atoms in total. The lowest BCUT2D eigenvalue weighted by Gasteiger charge is -2.42. The van der Waals surface area contributed by atoms with Crippen molar-refractivity contribution in [2.24, 2.45) is 5.92 Å². The fourth-order valence-electron chi connectivity index (χ4n) is 2.38. The van der Waals surface area contributed by atoms with Crippen LogP contribution in [0.5, 0.6) is 0 Å². The zero-order valence-electron chi connectivity index (χ0n) is 8.84. The molecule has 2 rings (SSSR count). The topological polar surface area (TPSA) is 18.5 Å². The first-order valence-electron chi connectivity index (χ1n) is 5.73. The van der Waals surface area contributed by atoms with E-state index in [-0.39, 0.29) is 5.79 Å². The standard InChI is InChI=1S/C12H20O2/c1-2-6-11-9-13-12(14-10-11)7-4-3-5-8-12/h2,11H,1,3-10H2. The van der Waals surface area contributed by atoms with Gasteiger partial charge in [-0.2, -0.15) is 0 Å². The van der Waals surface area contributed by atoms with Gasteiger partial charge < -0.3 is 9.47 Å². The largest absolute Gasteiger partial charge is 0.350 e. The van der Waals surface area contributed by atoms with Crippen LogP contribution in [0.2, 0.25) is 0 Å². The van der Waals surface area contributed by atoms with Crippen molar-refractivity contribution >= 4 is 0 Å². The van der Waals surface area contributed by atoms with Gasteiger partial charge in [-0.3, -0.25) is 0 Å². The Morgan fingerprint density at radius 3 is 2.36 bits per heavy atom. The van der Waals surface area contributed by atoms with Crippen LogP contribution in [0.25, 0.3) is 0 Å². The molecule has 0 radical (unpaired) electrons. The summed E-state index contributed by atoms with van der Waals surface area (Å²) in [5.74, 6) is 0.329. The van der Waals surface area contributed by atoms with Crippen molar-refractivity contribution in [3.63, 3.8) is 0 Å². The van der Waals surface area contributed by atoms with Crippen molar-refractivity contribution in [2.45, 2.75) is 44.3 Å². The molecule has 0 aromatic rings. The molecule has 0 unspecified atom stereocenters. The molecule has 1 aliphatic heterocycles. The molecule has 2 fully saturated rings. The first kappa shape index (κ1) is 10.2. The molecule has 1 aliphatic carbocycles. The Bertz CT molecular complexity index is 184. The highest BCUT2D eigenvalue weighted by atomic mass is 16.7. The number of rotatable bonds is 2. The highest BCUT2D eigenvalue weighted by molar-refractivity contribution is 4.82. The average Bonchev–Trinajstić information content (AvgIpc) is 2.24. The van der Waals surface area contributed by atoms with E-state index in [0.717, 1.165) is 32.5 Å². The summed E-state index contributed by atoms with van der Waals surface area (Å²) in [7, 11) is 0. The Morgan fingerprint density at radius 2 is 1.79 bits per heavy atom. The summed E-state index contributed by atoms with van der Waals surface area (Å²) in [5, 5.41) is 0. The number of hydrogen-bond donors (Lipinski definition) is 0. The molecule has 1 saturated heterocycles. The Hall–Kier alpha value is -0.340. The van der Waals surface area contributed by atoms with E-state index in [9.17, 15) is 0 Å². The lowest BCUT2D eigenvalue weighted by atomic mass is 9.92. The van der Waals surface area contributed by atoms with Crippen LogP contribution < -0.4 is 0 Å². The molecule has 2 aliphatic rings. The third-order valence-corrected chi connectivity index (χ3v) is 3.28. The molecule has 0 bridgehead atoms. The van der Waals surface area contributed by atoms with Crippen LogP contribution in [-0.4, -0.2) is 19.0 Å². The molecule has 0 atom stereocenters. The molecule has 1 saturated carbocycles. The molecule has 0 aromatic heterocycles. The fraction of sp³-hybridized carbons (Fsp3) is 0.833. The minimum atomic E-state index is -0.198. The maximum atomic E-state index is 5.90. The van der Waals surface area contributed by atoms with Gasteiger partial charge in [0, 0.05) is 18.8 Å². The van der Waals surface area contributed by atoms with Gasteiger partial charge >= 0.3 is 0 Å². The second-order valence-electron chi connectivity index (χ2n) is 4.48. The molecule has 0 amide bonds. The van der Waals surface area contributed by atoms with Crippen LogP contribution in [0.4, 0.5) is 0 Å². The van der Waals surface area contributed by atoms with Gasteiger partial charge in [0.2, 0.25) is 0 Å². The molecule has 0 N–H and O–H groups in total. The van der Waals surface area contributed by atoms with Crippen LogP contribution in [0.1, 0.15) is 38.5 Å². The smallest absolute Gasteiger partial charge is 0.168 e. The molecule has 0 aromatic carbocycles. The predicted molar refractivity (Wildman–Crippen MR) is 56.0 cm³/mol. The summed E-state index contributed by atoms with van der Waals surface area (Å²) < 4.78 is 11.8. The number of hydrogen-bond acceptors (Lipinski definition) is 2. The van der Waals surface area contributed by atoms with Crippen molar-refractivity contribution < 1.29 is 9.47 Å². The van der Waals surface area contributed by atoms with Crippen molar-refractivity contribution in [1.29, 1.82) is 0 Å². The predicted octanol–water partition coefficient (Wildman–Crippen LogP) is 2.89. The van der Waals surface area contributed by atoms with Gasteiger partial charge in [-0.25, -0.2) is 0 Å². The van der Waals surface area contributed by atoms with Crippen molar-refractivity contribution in [2.75, 3.05) is 13.2 Å². The van der Waals surface area contributed by atoms with Gasteiger partial charge in [-0.15, -0.1) is 6.58 Å². The highest BCUT2D eigenvalue weighted by Crippen LogP contribution is 2.36. The van der Waals surface area contributed by atoms with Gasteiger partial charge in [-0.05, 0) is 19.3 Å². The van der Waals surface area contributed by atoms with Crippen molar-refractivity contribution in [3.8, 4) is 0 Å². The van der Waals surface area contributed by atoms with E-state index in [0.29, 0.717) is 5.92 Å². The minimum absolute atomic E-state index is 0.198. The maximum absolute atomic E-state index is 5.90. The van der Waals surface area contributed by atoms with Crippen LogP contribution in [0.15, 0.2) is 12.7 Å². The van der Waals surface area contributed by atoms with Crippen LogP contribution in [0, 0.1) is 5.92 Å². The molecule has 80 valence electrons. The molecule has 1 spiro atoms. The zero-order valence-corrected chi connectivity index (χ0v) is 8.84. The fourth-order valence-corrected chi connectivity index (χ4v) is 2.38. The van der Waals surface area contributed by atoms with Crippen molar-refractivity contribution in [3.05, 3.63) is 12.7 Å². The monoisotopic (exact) mass is 196 g/mol. The zero-order chi connectivity index (χ0) is 9.86. The minimum Gasteiger partial charge on any atom is -0.350 e. The van der Waals surface area contributed by atoms with Crippen molar-refractivity contribution in [1.82, 2.24) is 0 Å². The Kier molecular flexibility index (Phi) is 3.24. The maximum Gasteiger partial charge on any atom is 0.168 e. The van der Waals surface area contributed by atoms with Gasteiger partial charge in [0.1, 0.15) is 0 Å². The molecule has 2 heteroatoms. The second kappa shape index (κ2) is 4.45. The van der Waals surface area contributed by atoms with Crippen LogP contribution >= 0.6 is 0 Å². The normalized spacial score (nSPS) is 27.7. The van der Waals surface area contributed by atoms with Gasteiger partial charge in [0.05, 0.1) is 13.2 Å². The van der Waals surface area contributed by atoms with E-state index in [1.165, 1.54) is 19.3 Å². The van der Waals surface area contributed by atoms with E-state index in [1.54, 1.807) is 0 Å². The molecular weight excluding hydrogens is 176 g/mol. The third kappa shape index (κ3) is 2.18. The number of allylic oxidation sites excluding steroid dienone is 1. The Morgan fingerprint density at radius 1 is 1.14 bits per heavy atom. The summed E-state index contributed by atoms with van der Waals surface area (Å²) >= 11 is 0. The molecular formula is C12H20O2. The summed E-state index contributed by atoms with van der Waals surface area (Å²) in [5.41, 5.74) is 0.